The van der Waals surface area contributed by atoms with Gasteiger partial charge in [0, 0.05) is 24.4 Å². The Morgan fingerprint density at radius 2 is 2.50 bits per heavy atom. The summed E-state index contributed by atoms with van der Waals surface area (Å²) in [5.74, 6) is 2.41. The van der Waals surface area contributed by atoms with E-state index in [9.17, 15) is 0 Å². The molecule has 3 heteroatoms. The molecule has 1 N–H and O–H groups in total. The molecule has 0 bridgehead atoms. The van der Waals surface area contributed by atoms with Gasteiger partial charge in [0.15, 0.2) is 10.1 Å². The minimum Gasteiger partial charge on any atom is -0.270 e. The summed E-state index contributed by atoms with van der Waals surface area (Å²) < 4.78 is 1.19. The molecule has 1 nitrogen and oxygen atoms in total. The first-order valence-electron chi connectivity index (χ1n) is 2.69. The van der Waals surface area contributed by atoms with Gasteiger partial charge in [0.05, 0.1) is 0 Å². The van der Waals surface area contributed by atoms with Crippen LogP contribution in [0.2, 0.25) is 0 Å². The molecule has 1 aliphatic rings. The van der Waals surface area contributed by atoms with E-state index in [0.29, 0.717) is 10.9 Å². The van der Waals surface area contributed by atoms with Gasteiger partial charge in [-0.1, -0.05) is 0 Å². The molecule has 1 aliphatic heterocycles. The van der Waals surface area contributed by atoms with E-state index in [4.69, 9.17) is 12.2 Å². The third-order valence-corrected chi connectivity index (χ3v) is 3.98. The second-order valence-corrected chi connectivity index (χ2v) is 5.00. The van der Waals surface area contributed by atoms with Crippen molar-refractivity contribution in [3.05, 3.63) is 0 Å². The Morgan fingerprint density at radius 1 is 1.75 bits per heavy atom. The number of hydrogen-bond donors (Lipinski definition) is 1. The summed E-state index contributed by atoms with van der Waals surface area (Å²) in [6.45, 7) is 3.21. The zero-order valence-electron chi connectivity index (χ0n) is 4.94. The zero-order chi connectivity index (χ0) is 5.98. The van der Waals surface area contributed by atoms with Crippen LogP contribution < -0.4 is 5.32 Å². The second kappa shape index (κ2) is 2.80. The van der Waals surface area contributed by atoms with Crippen molar-refractivity contribution in [2.75, 3.05) is 18.2 Å². The van der Waals surface area contributed by atoms with Crippen LogP contribution in [0.5, 0.6) is 0 Å². The third-order valence-electron chi connectivity index (χ3n) is 1.21. The van der Waals surface area contributed by atoms with Gasteiger partial charge in [-0.15, -0.1) is 0 Å². The number of rotatable bonds is 0. The minimum atomic E-state index is 0.441. The lowest BCUT2D eigenvalue weighted by Crippen LogP contribution is -2.14. The molecule has 1 unspecified atom stereocenters. The van der Waals surface area contributed by atoms with Crippen molar-refractivity contribution in [2.45, 2.75) is 6.92 Å². The van der Waals surface area contributed by atoms with Gasteiger partial charge in [-0.25, -0.2) is 0 Å². The van der Waals surface area contributed by atoms with E-state index in [1.54, 1.807) is 0 Å². The van der Waals surface area contributed by atoms with E-state index in [0.717, 1.165) is 12.4 Å². The molecule has 0 aromatic carbocycles. The van der Waals surface area contributed by atoms with Gasteiger partial charge >= 0.3 is 0 Å². The minimum absolute atomic E-state index is 0.441. The highest BCUT2D eigenvalue weighted by atomic mass is 32.2. The van der Waals surface area contributed by atoms with Gasteiger partial charge in [-0.3, -0.25) is 5.32 Å². The van der Waals surface area contributed by atoms with E-state index in [1.807, 2.05) is 6.92 Å². The largest absolute Gasteiger partial charge is 0.270 e. The highest BCUT2D eigenvalue weighted by molar-refractivity contribution is 8.20. The average molecular weight is 148 g/mol. The summed E-state index contributed by atoms with van der Waals surface area (Å²) in [4.78, 5) is 0. The van der Waals surface area contributed by atoms with Gasteiger partial charge < -0.3 is 0 Å². The summed E-state index contributed by atoms with van der Waals surface area (Å²) >= 11 is 5.03. The summed E-state index contributed by atoms with van der Waals surface area (Å²) in [6, 6.07) is 0. The highest BCUT2D eigenvalue weighted by Gasteiger charge is 2.25. The molecule has 0 amide bonds. The van der Waals surface area contributed by atoms with Gasteiger partial charge in [0.25, 0.3) is 0 Å². The number of hydrogen-bond acceptors (Lipinski definition) is 2. The van der Waals surface area contributed by atoms with Crippen LogP contribution >= 0.6 is 12.2 Å². The Balaban J connectivity index is 2.35. The molecule has 0 aromatic heterocycles. The molecule has 0 spiro atoms. The van der Waals surface area contributed by atoms with Crippen LogP contribution in [0.25, 0.3) is 0 Å². The van der Waals surface area contributed by atoms with Gasteiger partial charge in [0.1, 0.15) is 5.75 Å². The Kier molecular flexibility index (Phi) is 2.28. The van der Waals surface area contributed by atoms with Crippen LogP contribution in [0, 0.1) is 0 Å². The van der Waals surface area contributed by atoms with Crippen LogP contribution in [-0.2, 0) is 10.9 Å². The fourth-order valence-electron chi connectivity index (χ4n) is 0.708. The SMILES string of the molecule is CC(=S)[S+]1CCNC1. The van der Waals surface area contributed by atoms with Crippen molar-refractivity contribution in [3.8, 4) is 0 Å². The second-order valence-electron chi connectivity index (χ2n) is 1.83. The number of thiocarbonyl (C=S) groups is 1. The predicted molar refractivity (Wildman–Crippen MR) is 43.4 cm³/mol. The molecule has 1 rings (SSSR count). The van der Waals surface area contributed by atoms with Crippen LogP contribution in [0.4, 0.5) is 0 Å². The molecule has 0 aromatic rings. The Labute approximate surface area is 58.2 Å². The first kappa shape index (κ1) is 6.52. The topological polar surface area (TPSA) is 12.0 Å². The maximum atomic E-state index is 5.03. The van der Waals surface area contributed by atoms with Crippen LogP contribution in [0.1, 0.15) is 6.92 Å². The smallest absolute Gasteiger partial charge is 0.193 e. The van der Waals surface area contributed by atoms with Crippen molar-refractivity contribution in [2.24, 2.45) is 0 Å². The summed E-state index contributed by atoms with van der Waals surface area (Å²) in [5.41, 5.74) is 0. The fraction of sp³-hybridized carbons (Fsp3) is 0.800. The molecule has 1 heterocycles. The standard InChI is InChI=1S/C5H10NS2/c1-5(7)8-3-2-6-4-8/h6H,2-4H2,1H3/q+1. The lowest BCUT2D eigenvalue weighted by atomic mass is 10.8. The van der Waals surface area contributed by atoms with Crippen molar-refractivity contribution in [1.82, 2.24) is 5.32 Å². The lowest BCUT2D eigenvalue weighted by molar-refractivity contribution is 0.885. The molecule has 8 heavy (non-hydrogen) atoms. The molecule has 1 atom stereocenters. The highest BCUT2D eigenvalue weighted by Crippen LogP contribution is 2.02. The zero-order valence-corrected chi connectivity index (χ0v) is 6.57. The van der Waals surface area contributed by atoms with Crippen LogP contribution in [0.15, 0.2) is 0 Å². The summed E-state index contributed by atoms with van der Waals surface area (Å²) in [7, 11) is 0.441. The van der Waals surface area contributed by atoms with Crippen molar-refractivity contribution >= 4 is 27.3 Å². The lowest BCUT2D eigenvalue weighted by Gasteiger charge is -1.90. The van der Waals surface area contributed by atoms with Crippen molar-refractivity contribution < 1.29 is 0 Å². The average Bonchev–Trinajstić information content (AvgIpc) is 2.12. The molecule has 1 saturated heterocycles. The Morgan fingerprint density at radius 3 is 2.75 bits per heavy atom. The van der Waals surface area contributed by atoms with Crippen molar-refractivity contribution in [1.29, 1.82) is 0 Å². The molecule has 46 valence electrons. The quantitative estimate of drug-likeness (QED) is 0.397. The van der Waals surface area contributed by atoms with Crippen LogP contribution in [0.3, 0.4) is 0 Å². The normalized spacial score (nSPS) is 28.4. The maximum Gasteiger partial charge on any atom is 0.193 e. The van der Waals surface area contributed by atoms with Gasteiger partial charge in [0.2, 0.25) is 0 Å². The van der Waals surface area contributed by atoms with E-state index in [2.05, 4.69) is 5.32 Å². The van der Waals surface area contributed by atoms with Gasteiger partial charge in [-0.05, 0) is 12.2 Å². The van der Waals surface area contributed by atoms with Crippen molar-refractivity contribution in [3.63, 3.8) is 0 Å². The third kappa shape index (κ3) is 1.44. The number of nitrogens with one attached hydrogen (secondary N) is 1. The summed E-state index contributed by atoms with van der Waals surface area (Å²) in [6.07, 6.45) is 0. The fourth-order valence-corrected chi connectivity index (χ4v) is 2.55. The molecular formula is C5H10NS2+. The molecule has 0 aliphatic carbocycles. The van der Waals surface area contributed by atoms with E-state index in [1.165, 1.54) is 9.95 Å². The molecule has 0 radical (unpaired) electrons. The van der Waals surface area contributed by atoms with Crippen LogP contribution in [-0.4, -0.2) is 22.4 Å². The first-order chi connectivity index (χ1) is 3.80. The molecule has 1 fully saturated rings. The predicted octanol–water partition coefficient (Wildman–Crippen LogP) is 0.513. The monoisotopic (exact) mass is 148 g/mol. The van der Waals surface area contributed by atoms with E-state index < -0.39 is 0 Å². The van der Waals surface area contributed by atoms with E-state index >= 15 is 0 Å². The van der Waals surface area contributed by atoms with E-state index in [-0.39, 0.29) is 0 Å². The molecule has 0 saturated carbocycles. The van der Waals surface area contributed by atoms with Gasteiger partial charge in [-0.2, -0.15) is 0 Å². The Bertz CT molecular complexity index is 96.6. The Hall–Kier alpha value is 0.400. The first-order valence-corrected chi connectivity index (χ1v) is 4.66. The summed E-state index contributed by atoms with van der Waals surface area (Å²) in [5, 5.41) is 3.28. The molecular weight excluding hydrogens is 138 g/mol. The maximum absolute atomic E-state index is 5.03.